The Morgan fingerprint density at radius 3 is 2.50 bits per heavy atom. The van der Waals surface area contributed by atoms with Crippen molar-refractivity contribution in [3.8, 4) is 0 Å². The van der Waals surface area contributed by atoms with E-state index in [2.05, 4.69) is 0 Å². The number of methoxy groups -OCH3 is 1. The standard InChI is InChI=1S/C12H16O2/c1-10(8-13)7-11-3-5-12(6-4-11)9-14-2/h3-7,13H,8-9H2,1-2H3. The highest BCUT2D eigenvalue weighted by Gasteiger charge is 1.92. The van der Waals surface area contributed by atoms with E-state index in [9.17, 15) is 0 Å². The Labute approximate surface area is 84.8 Å². The first-order valence-corrected chi connectivity index (χ1v) is 4.62. The number of aliphatic hydroxyl groups is 1. The highest BCUT2D eigenvalue weighted by molar-refractivity contribution is 5.52. The molecule has 14 heavy (non-hydrogen) atoms. The molecule has 0 atom stereocenters. The Bertz CT molecular complexity index is 299. The molecule has 0 aliphatic rings. The number of aliphatic hydroxyl groups excluding tert-OH is 1. The molecule has 1 N–H and O–H groups in total. The third-order valence-electron chi connectivity index (χ3n) is 1.95. The second-order valence-electron chi connectivity index (χ2n) is 3.32. The summed E-state index contributed by atoms with van der Waals surface area (Å²) < 4.78 is 5.01. The fraction of sp³-hybridized carbons (Fsp3) is 0.333. The van der Waals surface area contributed by atoms with Crippen LogP contribution in [0.1, 0.15) is 18.1 Å². The van der Waals surface area contributed by atoms with Crippen molar-refractivity contribution in [2.45, 2.75) is 13.5 Å². The van der Waals surface area contributed by atoms with Gasteiger partial charge in [0.25, 0.3) is 0 Å². The van der Waals surface area contributed by atoms with Crippen molar-refractivity contribution in [3.63, 3.8) is 0 Å². The van der Waals surface area contributed by atoms with Crippen molar-refractivity contribution < 1.29 is 9.84 Å². The number of hydrogen-bond acceptors (Lipinski definition) is 2. The molecule has 1 aromatic rings. The molecule has 2 heteroatoms. The van der Waals surface area contributed by atoms with Crippen LogP contribution in [0.5, 0.6) is 0 Å². The first-order valence-electron chi connectivity index (χ1n) is 4.62. The van der Waals surface area contributed by atoms with Gasteiger partial charge < -0.3 is 9.84 Å². The molecule has 0 aliphatic heterocycles. The summed E-state index contributed by atoms with van der Waals surface area (Å²) in [5.74, 6) is 0. The van der Waals surface area contributed by atoms with Crippen molar-refractivity contribution in [1.29, 1.82) is 0 Å². The van der Waals surface area contributed by atoms with Crippen molar-refractivity contribution in [3.05, 3.63) is 41.0 Å². The predicted octanol–water partition coefficient (Wildman–Crippen LogP) is 2.23. The molecule has 76 valence electrons. The van der Waals surface area contributed by atoms with E-state index in [0.717, 1.165) is 16.7 Å². The molecule has 1 aromatic carbocycles. The third-order valence-corrected chi connectivity index (χ3v) is 1.95. The van der Waals surface area contributed by atoms with Crippen molar-refractivity contribution in [2.75, 3.05) is 13.7 Å². The van der Waals surface area contributed by atoms with Crippen LogP contribution in [0.15, 0.2) is 29.8 Å². The monoisotopic (exact) mass is 192 g/mol. The minimum atomic E-state index is 0.111. The average Bonchev–Trinajstić information content (AvgIpc) is 2.21. The highest BCUT2D eigenvalue weighted by Crippen LogP contribution is 2.09. The minimum absolute atomic E-state index is 0.111. The summed E-state index contributed by atoms with van der Waals surface area (Å²) in [4.78, 5) is 0. The smallest absolute Gasteiger partial charge is 0.0713 e. The minimum Gasteiger partial charge on any atom is -0.392 e. The molecule has 0 saturated carbocycles. The fourth-order valence-corrected chi connectivity index (χ4v) is 1.21. The van der Waals surface area contributed by atoms with Gasteiger partial charge in [-0.1, -0.05) is 30.3 Å². The van der Waals surface area contributed by atoms with Crippen LogP contribution in [0.4, 0.5) is 0 Å². The van der Waals surface area contributed by atoms with E-state index in [1.54, 1.807) is 7.11 Å². The van der Waals surface area contributed by atoms with Gasteiger partial charge >= 0.3 is 0 Å². The number of benzene rings is 1. The van der Waals surface area contributed by atoms with Gasteiger partial charge in [-0.3, -0.25) is 0 Å². The molecular weight excluding hydrogens is 176 g/mol. The molecule has 0 heterocycles. The predicted molar refractivity (Wildman–Crippen MR) is 57.9 cm³/mol. The summed E-state index contributed by atoms with van der Waals surface area (Å²) in [5.41, 5.74) is 3.23. The van der Waals surface area contributed by atoms with Gasteiger partial charge in [0, 0.05) is 7.11 Å². The van der Waals surface area contributed by atoms with Gasteiger partial charge in [-0.25, -0.2) is 0 Å². The lowest BCUT2D eigenvalue weighted by Gasteiger charge is -2.00. The molecule has 0 unspecified atom stereocenters. The molecule has 1 rings (SSSR count). The molecule has 0 fully saturated rings. The lowest BCUT2D eigenvalue weighted by molar-refractivity contribution is 0.185. The second-order valence-corrected chi connectivity index (χ2v) is 3.32. The summed E-state index contributed by atoms with van der Waals surface area (Å²) in [6, 6.07) is 8.10. The Morgan fingerprint density at radius 2 is 2.00 bits per heavy atom. The maximum absolute atomic E-state index is 8.85. The molecule has 0 aromatic heterocycles. The molecule has 0 aliphatic carbocycles. The Morgan fingerprint density at radius 1 is 1.36 bits per heavy atom. The number of hydrogen-bond donors (Lipinski definition) is 1. The third kappa shape index (κ3) is 3.32. The van der Waals surface area contributed by atoms with Crippen LogP contribution in [-0.4, -0.2) is 18.8 Å². The zero-order valence-corrected chi connectivity index (χ0v) is 8.66. The van der Waals surface area contributed by atoms with Gasteiger partial charge in [0.1, 0.15) is 0 Å². The Hall–Kier alpha value is -1.12. The van der Waals surface area contributed by atoms with E-state index in [-0.39, 0.29) is 6.61 Å². The van der Waals surface area contributed by atoms with Crippen LogP contribution < -0.4 is 0 Å². The van der Waals surface area contributed by atoms with Gasteiger partial charge in [0.2, 0.25) is 0 Å². The molecular formula is C12H16O2. The largest absolute Gasteiger partial charge is 0.392 e. The average molecular weight is 192 g/mol. The van der Waals surface area contributed by atoms with Gasteiger partial charge in [0.15, 0.2) is 0 Å². The summed E-state index contributed by atoms with van der Waals surface area (Å²) in [7, 11) is 1.68. The van der Waals surface area contributed by atoms with E-state index in [1.165, 1.54) is 0 Å². The molecule has 2 nitrogen and oxygen atoms in total. The summed E-state index contributed by atoms with van der Waals surface area (Å²) in [5, 5.41) is 8.85. The quantitative estimate of drug-likeness (QED) is 0.792. The summed E-state index contributed by atoms with van der Waals surface area (Å²) in [6.45, 7) is 2.66. The van der Waals surface area contributed by atoms with E-state index in [1.807, 2.05) is 37.3 Å². The van der Waals surface area contributed by atoms with Crippen LogP contribution in [0.3, 0.4) is 0 Å². The Balaban J connectivity index is 2.73. The van der Waals surface area contributed by atoms with E-state index in [0.29, 0.717) is 6.61 Å². The lowest BCUT2D eigenvalue weighted by Crippen LogP contribution is -1.87. The van der Waals surface area contributed by atoms with Crippen LogP contribution in [0.2, 0.25) is 0 Å². The zero-order chi connectivity index (χ0) is 10.4. The summed E-state index contributed by atoms with van der Waals surface area (Å²) >= 11 is 0. The van der Waals surface area contributed by atoms with Crippen molar-refractivity contribution in [1.82, 2.24) is 0 Å². The van der Waals surface area contributed by atoms with Crippen LogP contribution in [0.25, 0.3) is 6.08 Å². The molecule has 0 saturated heterocycles. The van der Waals surface area contributed by atoms with E-state index in [4.69, 9.17) is 9.84 Å². The van der Waals surface area contributed by atoms with Gasteiger partial charge in [-0.05, 0) is 23.6 Å². The van der Waals surface area contributed by atoms with Crippen molar-refractivity contribution in [2.24, 2.45) is 0 Å². The van der Waals surface area contributed by atoms with Crippen LogP contribution in [-0.2, 0) is 11.3 Å². The SMILES string of the molecule is COCc1ccc(C=C(C)CO)cc1. The number of rotatable bonds is 4. The van der Waals surface area contributed by atoms with Gasteiger partial charge in [-0.15, -0.1) is 0 Å². The maximum Gasteiger partial charge on any atom is 0.0713 e. The molecule has 0 amide bonds. The summed E-state index contributed by atoms with van der Waals surface area (Å²) in [6.07, 6.45) is 1.97. The maximum atomic E-state index is 8.85. The van der Waals surface area contributed by atoms with E-state index < -0.39 is 0 Å². The van der Waals surface area contributed by atoms with E-state index >= 15 is 0 Å². The molecule has 0 spiro atoms. The fourth-order valence-electron chi connectivity index (χ4n) is 1.21. The second kappa shape index (κ2) is 5.58. The zero-order valence-electron chi connectivity index (χ0n) is 8.66. The normalized spacial score (nSPS) is 11.8. The number of ether oxygens (including phenoxy) is 1. The van der Waals surface area contributed by atoms with Gasteiger partial charge in [-0.2, -0.15) is 0 Å². The topological polar surface area (TPSA) is 29.5 Å². The van der Waals surface area contributed by atoms with Gasteiger partial charge in [0.05, 0.1) is 13.2 Å². The molecule has 0 bridgehead atoms. The first kappa shape index (κ1) is 11.0. The van der Waals surface area contributed by atoms with Crippen LogP contribution >= 0.6 is 0 Å². The first-order chi connectivity index (χ1) is 6.76. The van der Waals surface area contributed by atoms with Crippen molar-refractivity contribution >= 4 is 6.08 Å². The lowest BCUT2D eigenvalue weighted by atomic mass is 10.1. The highest BCUT2D eigenvalue weighted by atomic mass is 16.5. The Kier molecular flexibility index (Phi) is 4.36. The van der Waals surface area contributed by atoms with Crippen LogP contribution in [0, 0.1) is 0 Å². The molecule has 0 radical (unpaired) electrons.